The van der Waals surface area contributed by atoms with Gasteiger partial charge in [-0.15, -0.1) is 0 Å². The fourth-order valence-corrected chi connectivity index (χ4v) is 3.19. The van der Waals surface area contributed by atoms with Gasteiger partial charge < -0.3 is 4.98 Å². The van der Waals surface area contributed by atoms with E-state index in [1.165, 1.54) is 0 Å². The molecule has 1 heterocycles. The standard InChI is InChI=1S/C14H7Br2N3S/c15-9-4-5-10(16)12(6-9)19-11-3-1-2-8(7-17)13(11)18-14(19)20/h1-6H,(H,18,20). The van der Waals surface area contributed by atoms with Crippen molar-refractivity contribution < 1.29 is 0 Å². The van der Waals surface area contributed by atoms with Gasteiger partial charge in [-0.3, -0.25) is 4.57 Å². The summed E-state index contributed by atoms with van der Waals surface area (Å²) < 4.78 is 4.37. The zero-order valence-electron chi connectivity index (χ0n) is 10.0. The molecule has 0 spiro atoms. The van der Waals surface area contributed by atoms with Gasteiger partial charge in [0.15, 0.2) is 4.77 Å². The minimum atomic E-state index is 0.557. The highest BCUT2D eigenvalue weighted by atomic mass is 79.9. The molecule has 1 N–H and O–H groups in total. The van der Waals surface area contributed by atoms with E-state index in [9.17, 15) is 5.26 Å². The molecule has 3 rings (SSSR count). The first kappa shape index (κ1) is 13.6. The third-order valence-corrected chi connectivity index (χ3v) is 4.44. The quantitative estimate of drug-likeness (QED) is 0.570. The van der Waals surface area contributed by atoms with E-state index in [0.717, 1.165) is 25.7 Å². The molecule has 3 aromatic rings. The van der Waals surface area contributed by atoms with E-state index >= 15 is 0 Å². The molecule has 0 bridgehead atoms. The second-order valence-electron chi connectivity index (χ2n) is 4.17. The summed E-state index contributed by atoms with van der Waals surface area (Å²) in [6, 6.07) is 13.6. The Morgan fingerprint density at radius 2 is 2.00 bits per heavy atom. The molecule has 20 heavy (non-hydrogen) atoms. The van der Waals surface area contributed by atoms with Gasteiger partial charge in [0.05, 0.1) is 22.3 Å². The van der Waals surface area contributed by atoms with E-state index < -0.39 is 0 Å². The fraction of sp³-hybridized carbons (Fsp3) is 0. The van der Waals surface area contributed by atoms with Crippen LogP contribution < -0.4 is 0 Å². The Balaban J connectivity index is 2.44. The number of aromatic nitrogens is 2. The highest BCUT2D eigenvalue weighted by molar-refractivity contribution is 9.11. The van der Waals surface area contributed by atoms with Crippen molar-refractivity contribution in [2.24, 2.45) is 0 Å². The van der Waals surface area contributed by atoms with Gasteiger partial charge in [-0.2, -0.15) is 5.26 Å². The van der Waals surface area contributed by atoms with E-state index in [2.05, 4.69) is 42.9 Å². The largest absolute Gasteiger partial charge is 0.329 e. The van der Waals surface area contributed by atoms with Crippen molar-refractivity contribution in [3.05, 3.63) is 55.7 Å². The average molecular weight is 409 g/mol. The molecule has 0 aliphatic rings. The number of hydrogen-bond acceptors (Lipinski definition) is 2. The smallest absolute Gasteiger partial charge is 0.182 e. The lowest BCUT2D eigenvalue weighted by molar-refractivity contribution is 1.06. The minimum absolute atomic E-state index is 0.557. The van der Waals surface area contributed by atoms with Crippen molar-refractivity contribution in [2.75, 3.05) is 0 Å². The molecule has 0 fully saturated rings. The van der Waals surface area contributed by atoms with Gasteiger partial charge in [0.25, 0.3) is 0 Å². The number of halogens is 2. The number of imidazole rings is 1. The summed E-state index contributed by atoms with van der Waals surface area (Å²) in [5.41, 5.74) is 3.14. The number of aromatic amines is 1. The molecular weight excluding hydrogens is 402 g/mol. The Kier molecular flexibility index (Phi) is 3.50. The molecule has 0 amide bonds. The maximum atomic E-state index is 9.18. The van der Waals surface area contributed by atoms with Gasteiger partial charge in [-0.1, -0.05) is 22.0 Å². The van der Waals surface area contributed by atoms with Crippen LogP contribution in [0.25, 0.3) is 16.7 Å². The summed E-state index contributed by atoms with van der Waals surface area (Å²) in [6.07, 6.45) is 0. The van der Waals surface area contributed by atoms with E-state index in [1.54, 1.807) is 6.07 Å². The van der Waals surface area contributed by atoms with Crippen LogP contribution >= 0.6 is 44.1 Å². The van der Waals surface area contributed by atoms with Gasteiger partial charge in [0.1, 0.15) is 6.07 Å². The first-order valence-corrected chi connectivity index (χ1v) is 7.70. The molecule has 98 valence electrons. The molecule has 0 radical (unpaired) electrons. The molecule has 0 saturated carbocycles. The number of rotatable bonds is 1. The molecule has 2 aromatic carbocycles. The SMILES string of the molecule is N#Cc1cccc2c1[nH]c(=S)n2-c1cc(Br)ccc1Br. The van der Waals surface area contributed by atoms with E-state index in [4.69, 9.17) is 12.2 Å². The number of nitrogens with one attached hydrogen (secondary N) is 1. The Morgan fingerprint density at radius 3 is 2.75 bits per heavy atom. The lowest BCUT2D eigenvalue weighted by Gasteiger charge is -2.08. The molecular formula is C14H7Br2N3S. The third-order valence-electron chi connectivity index (χ3n) is 2.99. The van der Waals surface area contributed by atoms with E-state index in [-0.39, 0.29) is 0 Å². The predicted molar refractivity (Wildman–Crippen MR) is 88.6 cm³/mol. The van der Waals surface area contributed by atoms with Crippen LogP contribution in [-0.4, -0.2) is 9.55 Å². The van der Waals surface area contributed by atoms with Crippen LogP contribution in [0.15, 0.2) is 45.3 Å². The monoisotopic (exact) mass is 407 g/mol. The van der Waals surface area contributed by atoms with Gasteiger partial charge in [-0.05, 0) is 58.5 Å². The van der Waals surface area contributed by atoms with E-state index in [0.29, 0.717) is 10.3 Å². The summed E-state index contributed by atoms with van der Waals surface area (Å²) in [4.78, 5) is 3.11. The van der Waals surface area contributed by atoms with Crippen LogP contribution in [0.1, 0.15) is 5.56 Å². The Morgan fingerprint density at radius 1 is 1.20 bits per heavy atom. The summed E-state index contributed by atoms with van der Waals surface area (Å²) in [5.74, 6) is 0. The van der Waals surface area contributed by atoms with Crippen molar-refractivity contribution >= 4 is 55.1 Å². The summed E-state index contributed by atoms with van der Waals surface area (Å²) in [7, 11) is 0. The number of benzene rings is 2. The highest BCUT2D eigenvalue weighted by Crippen LogP contribution is 2.29. The number of nitrogens with zero attached hydrogens (tertiary/aromatic N) is 2. The number of nitriles is 1. The second-order valence-corrected chi connectivity index (χ2v) is 6.33. The second kappa shape index (κ2) is 5.17. The third kappa shape index (κ3) is 2.12. The van der Waals surface area contributed by atoms with Crippen molar-refractivity contribution in [3.8, 4) is 11.8 Å². The molecule has 0 aliphatic carbocycles. The van der Waals surface area contributed by atoms with Gasteiger partial charge >= 0.3 is 0 Å². The Hall–Kier alpha value is -1.42. The first-order chi connectivity index (χ1) is 9.61. The number of hydrogen-bond donors (Lipinski definition) is 1. The molecule has 0 atom stereocenters. The molecule has 0 unspecified atom stereocenters. The van der Waals surface area contributed by atoms with Crippen LogP contribution in [0, 0.1) is 16.1 Å². The molecule has 0 saturated heterocycles. The predicted octanol–water partition coefficient (Wildman–Crippen LogP) is 5.08. The summed E-state index contributed by atoms with van der Waals surface area (Å²) >= 11 is 12.4. The highest BCUT2D eigenvalue weighted by Gasteiger charge is 2.12. The number of para-hydroxylation sites is 1. The van der Waals surface area contributed by atoms with Crippen molar-refractivity contribution in [2.45, 2.75) is 0 Å². The zero-order chi connectivity index (χ0) is 14.3. The van der Waals surface area contributed by atoms with Gasteiger partial charge in [0.2, 0.25) is 0 Å². The maximum absolute atomic E-state index is 9.18. The van der Waals surface area contributed by atoms with Crippen molar-refractivity contribution in [1.29, 1.82) is 5.26 Å². The van der Waals surface area contributed by atoms with Crippen LogP contribution in [0.2, 0.25) is 0 Å². The van der Waals surface area contributed by atoms with Crippen molar-refractivity contribution in [3.63, 3.8) is 0 Å². The zero-order valence-corrected chi connectivity index (χ0v) is 14.0. The lowest BCUT2D eigenvalue weighted by atomic mass is 10.2. The average Bonchev–Trinajstić information content (AvgIpc) is 2.77. The van der Waals surface area contributed by atoms with Crippen LogP contribution in [0.4, 0.5) is 0 Å². The first-order valence-electron chi connectivity index (χ1n) is 5.71. The Labute approximate surface area is 137 Å². The minimum Gasteiger partial charge on any atom is -0.329 e. The molecule has 1 aromatic heterocycles. The topological polar surface area (TPSA) is 44.5 Å². The van der Waals surface area contributed by atoms with Crippen molar-refractivity contribution in [1.82, 2.24) is 9.55 Å². The Bertz CT molecular complexity index is 918. The number of H-pyrrole nitrogens is 1. The molecule has 0 aliphatic heterocycles. The van der Waals surface area contributed by atoms with Crippen LogP contribution in [0.5, 0.6) is 0 Å². The summed E-state index contributed by atoms with van der Waals surface area (Å²) in [6.45, 7) is 0. The molecule has 3 nitrogen and oxygen atoms in total. The number of fused-ring (bicyclic) bond motifs is 1. The normalized spacial score (nSPS) is 10.7. The van der Waals surface area contributed by atoms with Gasteiger partial charge in [0, 0.05) is 8.95 Å². The fourth-order valence-electron chi connectivity index (χ4n) is 2.12. The summed E-state index contributed by atoms with van der Waals surface area (Å²) in [5, 5.41) is 9.18. The van der Waals surface area contributed by atoms with Crippen LogP contribution in [-0.2, 0) is 0 Å². The van der Waals surface area contributed by atoms with Gasteiger partial charge in [-0.25, -0.2) is 0 Å². The van der Waals surface area contributed by atoms with Crippen LogP contribution in [0.3, 0.4) is 0 Å². The lowest BCUT2D eigenvalue weighted by Crippen LogP contribution is -1.95. The maximum Gasteiger partial charge on any atom is 0.182 e. The van der Waals surface area contributed by atoms with E-state index in [1.807, 2.05) is 34.9 Å². The molecule has 6 heteroatoms.